The average molecular weight is 280 g/mol. The minimum atomic E-state index is -0.978. The minimum Gasteiger partial charge on any atom is -0.497 e. The van der Waals surface area contributed by atoms with E-state index >= 15 is 0 Å². The van der Waals surface area contributed by atoms with Gasteiger partial charge in [-0.05, 0) is 18.6 Å². The number of carbonyl (C=O) groups is 1. The molecule has 0 aromatic heterocycles. The number of methoxy groups -OCH3 is 1. The van der Waals surface area contributed by atoms with E-state index in [2.05, 4.69) is 6.92 Å². The molecule has 0 heterocycles. The third-order valence-electron chi connectivity index (χ3n) is 3.13. The molecule has 112 valence electrons. The molecule has 0 unspecified atom stereocenters. The van der Waals surface area contributed by atoms with Crippen LogP contribution in [0.5, 0.6) is 11.5 Å². The number of ether oxygens (including phenoxy) is 2. The molecule has 1 aromatic rings. The Kier molecular flexibility index (Phi) is 7.55. The van der Waals surface area contributed by atoms with Crippen molar-refractivity contribution in [3.63, 3.8) is 0 Å². The number of unbranched alkanes of at least 4 members (excludes halogenated alkanes) is 5. The Morgan fingerprint density at radius 2 is 1.70 bits per heavy atom. The fourth-order valence-electron chi connectivity index (χ4n) is 1.97. The molecule has 1 N–H and O–H groups in total. The molecule has 0 saturated carbocycles. The number of carboxylic acid groups (broad SMARTS) is 1. The monoisotopic (exact) mass is 280 g/mol. The van der Waals surface area contributed by atoms with Crippen LogP contribution in [-0.2, 0) is 0 Å². The van der Waals surface area contributed by atoms with Gasteiger partial charge >= 0.3 is 5.97 Å². The Bertz CT molecular complexity index is 415. The molecule has 0 aliphatic heterocycles. The molecule has 20 heavy (non-hydrogen) atoms. The van der Waals surface area contributed by atoms with Gasteiger partial charge in [0.25, 0.3) is 0 Å². The first-order chi connectivity index (χ1) is 9.67. The molecule has 0 atom stereocenters. The van der Waals surface area contributed by atoms with Crippen LogP contribution in [0.3, 0.4) is 0 Å². The summed E-state index contributed by atoms with van der Waals surface area (Å²) in [6, 6.07) is 4.73. The number of rotatable bonds is 10. The normalized spacial score (nSPS) is 10.3. The van der Waals surface area contributed by atoms with E-state index in [0.29, 0.717) is 18.1 Å². The lowest BCUT2D eigenvalue weighted by molar-refractivity contribution is 0.0696. The van der Waals surface area contributed by atoms with Gasteiger partial charge in [0.2, 0.25) is 0 Å². The van der Waals surface area contributed by atoms with Crippen molar-refractivity contribution in [2.75, 3.05) is 13.7 Å². The highest BCUT2D eigenvalue weighted by molar-refractivity contribution is 5.88. The van der Waals surface area contributed by atoms with E-state index in [-0.39, 0.29) is 5.56 Å². The zero-order valence-corrected chi connectivity index (χ0v) is 12.4. The van der Waals surface area contributed by atoms with Gasteiger partial charge in [-0.15, -0.1) is 0 Å². The molecule has 0 saturated heterocycles. The Hall–Kier alpha value is -1.71. The Morgan fingerprint density at radius 3 is 2.35 bits per heavy atom. The first-order valence-corrected chi connectivity index (χ1v) is 7.22. The van der Waals surface area contributed by atoms with Crippen LogP contribution in [0.15, 0.2) is 18.2 Å². The highest BCUT2D eigenvalue weighted by atomic mass is 16.5. The third-order valence-corrected chi connectivity index (χ3v) is 3.13. The van der Waals surface area contributed by atoms with Gasteiger partial charge in [-0.1, -0.05) is 39.0 Å². The van der Waals surface area contributed by atoms with Crippen LogP contribution in [0.4, 0.5) is 0 Å². The van der Waals surface area contributed by atoms with Gasteiger partial charge < -0.3 is 14.6 Å². The Morgan fingerprint density at radius 1 is 1.05 bits per heavy atom. The first kappa shape index (κ1) is 16.3. The number of aromatic carboxylic acids is 1. The van der Waals surface area contributed by atoms with Gasteiger partial charge in [0.05, 0.1) is 19.3 Å². The molecule has 1 aromatic carbocycles. The molecular formula is C16H24O4. The highest BCUT2D eigenvalue weighted by Crippen LogP contribution is 2.23. The van der Waals surface area contributed by atoms with E-state index in [1.807, 2.05) is 0 Å². The first-order valence-electron chi connectivity index (χ1n) is 7.22. The van der Waals surface area contributed by atoms with Crippen molar-refractivity contribution < 1.29 is 19.4 Å². The number of carboxylic acids is 1. The fourth-order valence-corrected chi connectivity index (χ4v) is 1.97. The van der Waals surface area contributed by atoms with Crippen LogP contribution in [-0.4, -0.2) is 24.8 Å². The van der Waals surface area contributed by atoms with Gasteiger partial charge in [0.15, 0.2) is 0 Å². The van der Waals surface area contributed by atoms with Crippen LogP contribution in [0.2, 0.25) is 0 Å². The zero-order chi connectivity index (χ0) is 14.8. The predicted octanol–water partition coefficient (Wildman–Crippen LogP) is 4.13. The summed E-state index contributed by atoms with van der Waals surface area (Å²) in [6.45, 7) is 2.81. The number of benzene rings is 1. The summed E-state index contributed by atoms with van der Waals surface area (Å²) in [5.74, 6) is 0.0754. The van der Waals surface area contributed by atoms with Gasteiger partial charge in [0.1, 0.15) is 11.5 Å². The highest BCUT2D eigenvalue weighted by Gasteiger charge is 2.08. The van der Waals surface area contributed by atoms with Crippen LogP contribution in [0.1, 0.15) is 55.8 Å². The molecule has 0 aliphatic carbocycles. The quantitative estimate of drug-likeness (QED) is 0.655. The second-order valence-electron chi connectivity index (χ2n) is 4.82. The van der Waals surface area contributed by atoms with Gasteiger partial charge in [-0.25, -0.2) is 4.79 Å². The molecule has 0 bridgehead atoms. The number of hydrogen-bond acceptors (Lipinski definition) is 3. The van der Waals surface area contributed by atoms with Gasteiger partial charge in [-0.3, -0.25) is 0 Å². The standard InChI is InChI=1S/C16H24O4/c1-3-4-5-6-7-8-9-20-15-11-13(16(17)18)10-14(12-15)19-2/h10-12H,3-9H2,1-2H3,(H,17,18). The second-order valence-corrected chi connectivity index (χ2v) is 4.82. The van der Waals surface area contributed by atoms with Crippen molar-refractivity contribution in [3.8, 4) is 11.5 Å². The van der Waals surface area contributed by atoms with Crippen LogP contribution >= 0.6 is 0 Å². The molecule has 0 spiro atoms. The summed E-state index contributed by atoms with van der Waals surface area (Å²) in [5, 5.41) is 9.01. The maximum absolute atomic E-state index is 11.0. The molecule has 0 fully saturated rings. The molecule has 4 nitrogen and oxygen atoms in total. The van der Waals surface area contributed by atoms with E-state index in [1.54, 1.807) is 6.07 Å². The lowest BCUT2D eigenvalue weighted by atomic mass is 10.1. The summed E-state index contributed by atoms with van der Waals surface area (Å²) in [6.07, 6.45) is 7.19. The maximum Gasteiger partial charge on any atom is 0.335 e. The van der Waals surface area contributed by atoms with Crippen molar-refractivity contribution in [3.05, 3.63) is 23.8 Å². The van der Waals surface area contributed by atoms with E-state index < -0.39 is 5.97 Å². The summed E-state index contributed by atoms with van der Waals surface area (Å²) in [7, 11) is 1.51. The van der Waals surface area contributed by atoms with E-state index in [0.717, 1.165) is 12.8 Å². The molecular weight excluding hydrogens is 256 g/mol. The summed E-state index contributed by atoms with van der Waals surface area (Å²) in [5.41, 5.74) is 0.183. The molecule has 0 radical (unpaired) electrons. The molecule has 0 amide bonds. The minimum absolute atomic E-state index is 0.183. The fraction of sp³-hybridized carbons (Fsp3) is 0.562. The lowest BCUT2D eigenvalue weighted by Gasteiger charge is -2.09. The van der Waals surface area contributed by atoms with Crippen molar-refractivity contribution in [1.82, 2.24) is 0 Å². The van der Waals surface area contributed by atoms with Crippen LogP contribution in [0, 0.1) is 0 Å². The van der Waals surface area contributed by atoms with Crippen molar-refractivity contribution in [2.45, 2.75) is 45.4 Å². The van der Waals surface area contributed by atoms with E-state index in [4.69, 9.17) is 14.6 Å². The molecule has 4 heteroatoms. The maximum atomic E-state index is 11.0. The second kappa shape index (κ2) is 9.23. The van der Waals surface area contributed by atoms with E-state index in [1.165, 1.54) is 44.9 Å². The van der Waals surface area contributed by atoms with Gasteiger partial charge in [0, 0.05) is 6.07 Å². The van der Waals surface area contributed by atoms with Crippen molar-refractivity contribution >= 4 is 5.97 Å². The predicted molar refractivity (Wildman–Crippen MR) is 78.8 cm³/mol. The van der Waals surface area contributed by atoms with E-state index in [9.17, 15) is 4.79 Å². The Balaban J connectivity index is 2.39. The van der Waals surface area contributed by atoms with Crippen molar-refractivity contribution in [2.24, 2.45) is 0 Å². The Labute approximate surface area is 120 Å². The summed E-state index contributed by atoms with van der Waals surface area (Å²) < 4.78 is 10.7. The lowest BCUT2D eigenvalue weighted by Crippen LogP contribution is -2.01. The van der Waals surface area contributed by atoms with Gasteiger partial charge in [-0.2, -0.15) is 0 Å². The summed E-state index contributed by atoms with van der Waals surface area (Å²) in [4.78, 5) is 11.0. The van der Waals surface area contributed by atoms with Crippen LogP contribution < -0.4 is 9.47 Å². The average Bonchev–Trinajstić information content (AvgIpc) is 2.46. The SMILES string of the molecule is CCCCCCCCOc1cc(OC)cc(C(=O)O)c1. The third kappa shape index (κ3) is 5.95. The molecule has 1 rings (SSSR count). The van der Waals surface area contributed by atoms with Crippen molar-refractivity contribution in [1.29, 1.82) is 0 Å². The van der Waals surface area contributed by atoms with Crippen LogP contribution in [0.25, 0.3) is 0 Å². The summed E-state index contributed by atoms with van der Waals surface area (Å²) >= 11 is 0. The zero-order valence-electron chi connectivity index (χ0n) is 12.4. The molecule has 0 aliphatic rings. The smallest absolute Gasteiger partial charge is 0.335 e. The largest absolute Gasteiger partial charge is 0.497 e. The number of hydrogen-bond donors (Lipinski definition) is 1. The topological polar surface area (TPSA) is 55.8 Å².